The molecule has 2 N–H and O–H groups in total. The van der Waals surface area contributed by atoms with Crippen LogP contribution in [-0.2, 0) is 6.54 Å². The van der Waals surface area contributed by atoms with Gasteiger partial charge < -0.3 is 10.4 Å². The van der Waals surface area contributed by atoms with Crippen molar-refractivity contribution in [2.75, 3.05) is 13.2 Å². The molecule has 0 spiro atoms. The minimum absolute atomic E-state index is 0.0811. The van der Waals surface area contributed by atoms with E-state index in [9.17, 15) is 5.11 Å². The number of aromatic nitrogens is 1. The molecule has 1 saturated carbocycles. The van der Waals surface area contributed by atoms with Gasteiger partial charge in [0.2, 0.25) is 0 Å². The summed E-state index contributed by atoms with van der Waals surface area (Å²) < 4.78 is 0. The van der Waals surface area contributed by atoms with E-state index < -0.39 is 0 Å². The molecule has 0 radical (unpaired) electrons. The van der Waals surface area contributed by atoms with E-state index in [-0.39, 0.29) is 12.0 Å². The van der Waals surface area contributed by atoms with E-state index in [0.29, 0.717) is 5.02 Å². The maximum Gasteiger partial charge on any atom is 0.0634 e. The Hall–Kier alpha value is -0.640. The van der Waals surface area contributed by atoms with Crippen molar-refractivity contribution in [3.05, 3.63) is 29.0 Å². The normalized spacial score (nSPS) is 18.8. The second-order valence-corrected chi connectivity index (χ2v) is 5.70. The van der Waals surface area contributed by atoms with Gasteiger partial charge in [0.05, 0.1) is 5.02 Å². The van der Waals surface area contributed by atoms with Gasteiger partial charge in [-0.25, -0.2) is 0 Å². The van der Waals surface area contributed by atoms with E-state index in [1.54, 1.807) is 12.4 Å². The first kappa shape index (κ1) is 13.8. The number of aliphatic hydroxyl groups is 1. The van der Waals surface area contributed by atoms with Gasteiger partial charge in [-0.15, -0.1) is 0 Å². The number of aliphatic hydroxyl groups excluding tert-OH is 1. The maximum atomic E-state index is 9.62. The Bertz CT molecular complexity index is 378. The highest BCUT2D eigenvalue weighted by atomic mass is 35.5. The predicted molar refractivity (Wildman–Crippen MR) is 73.6 cm³/mol. The van der Waals surface area contributed by atoms with E-state index in [4.69, 9.17) is 11.6 Å². The van der Waals surface area contributed by atoms with Gasteiger partial charge in [-0.2, -0.15) is 0 Å². The van der Waals surface area contributed by atoms with Crippen LogP contribution < -0.4 is 5.32 Å². The van der Waals surface area contributed by atoms with E-state index >= 15 is 0 Å². The molecule has 1 heterocycles. The number of hydrogen-bond acceptors (Lipinski definition) is 3. The third kappa shape index (κ3) is 3.44. The number of nitrogens with one attached hydrogen (secondary N) is 1. The molecule has 1 aromatic heterocycles. The molecule has 18 heavy (non-hydrogen) atoms. The van der Waals surface area contributed by atoms with Crippen molar-refractivity contribution >= 4 is 11.6 Å². The lowest BCUT2D eigenvalue weighted by atomic mass is 9.74. The van der Waals surface area contributed by atoms with Gasteiger partial charge in [-0.1, -0.05) is 30.9 Å². The van der Waals surface area contributed by atoms with Crippen LogP contribution in [0.4, 0.5) is 0 Å². The molecule has 0 amide bonds. The van der Waals surface area contributed by atoms with Gasteiger partial charge in [0.15, 0.2) is 0 Å². The quantitative estimate of drug-likeness (QED) is 0.863. The molecule has 0 atom stereocenters. The van der Waals surface area contributed by atoms with Crippen molar-refractivity contribution in [3.63, 3.8) is 0 Å². The zero-order valence-electron chi connectivity index (χ0n) is 10.7. The third-order valence-corrected chi connectivity index (χ3v) is 4.26. The number of rotatable bonds is 5. The Morgan fingerprint density at radius 1 is 1.33 bits per heavy atom. The first-order valence-electron chi connectivity index (χ1n) is 6.66. The van der Waals surface area contributed by atoms with Gasteiger partial charge in [0.25, 0.3) is 0 Å². The van der Waals surface area contributed by atoms with E-state index in [0.717, 1.165) is 31.5 Å². The lowest BCUT2D eigenvalue weighted by Crippen LogP contribution is -2.38. The molecule has 0 aliphatic heterocycles. The van der Waals surface area contributed by atoms with Gasteiger partial charge in [-0.3, -0.25) is 4.98 Å². The van der Waals surface area contributed by atoms with Crippen molar-refractivity contribution in [1.82, 2.24) is 10.3 Å². The van der Waals surface area contributed by atoms with Gasteiger partial charge in [0.1, 0.15) is 0 Å². The van der Waals surface area contributed by atoms with Crippen LogP contribution in [0.5, 0.6) is 0 Å². The van der Waals surface area contributed by atoms with Crippen LogP contribution in [0.25, 0.3) is 0 Å². The van der Waals surface area contributed by atoms with Crippen molar-refractivity contribution in [2.24, 2.45) is 5.41 Å². The molecule has 1 aliphatic rings. The van der Waals surface area contributed by atoms with Crippen molar-refractivity contribution in [3.8, 4) is 0 Å². The van der Waals surface area contributed by atoms with E-state index in [1.807, 2.05) is 6.07 Å². The molecule has 2 rings (SSSR count). The summed E-state index contributed by atoms with van der Waals surface area (Å²) >= 11 is 6.06. The summed E-state index contributed by atoms with van der Waals surface area (Å²) in [4.78, 5) is 3.97. The number of nitrogens with zero attached hydrogens (tertiary/aromatic N) is 1. The standard InChI is InChI=1S/C14H21ClN2O/c15-13-9-16-7-4-12(13)8-17-10-14(11-18)5-2-1-3-6-14/h4,7,9,17-18H,1-3,5-6,8,10-11H2. The lowest BCUT2D eigenvalue weighted by Gasteiger charge is -2.35. The first-order chi connectivity index (χ1) is 8.76. The Morgan fingerprint density at radius 3 is 2.78 bits per heavy atom. The fourth-order valence-corrected chi connectivity index (χ4v) is 2.89. The molecule has 3 nitrogen and oxygen atoms in total. The Morgan fingerprint density at radius 2 is 2.11 bits per heavy atom. The molecule has 0 aromatic carbocycles. The highest BCUT2D eigenvalue weighted by molar-refractivity contribution is 6.31. The van der Waals surface area contributed by atoms with Crippen LogP contribution in [0.3, 0.4) is 0 Å². The zero-order valence-corrected chi connectivity index (χ0v) is 11.4. The van der Waals surface area contributed by atoms with Crippen molar-refractivity contribution < 1.29 is 5.11 Å². The maximum absolute atomic E-state index is 9.62. The van der Waals surface area contributed by atoms with E-state index in [2.05, 4.69) is 10.3 Å². The highest BCUT2D eigenvalue weighted by Gasteiger charge is 2.30. The third-order valence-electron chi connectivity index (χ3n) is 3.92. The van der Waals surface area contributed by atoms with Crippen LogP contribution >= 0.6 is 11.6 Å². The summed E-state index contributed by atoms with van der Waals surface area (Å²) in [7, 11) is 0. The Labute approximate surface area is 114 Å². The molecule has 1 fully saturated rings. The van der Waals surface area contributed by atoms with Gasteiger partial charge >= 0.3 is 0 Å². The number of pyridine rings is 1. The van der Waals surface area contributed by atoms with Crippen molar-refractivity contribution in [2.45, 2.75) is 38.6 Å². The SMILES string of the molecule is OCC1(CNCc2ccncc2Cl)CCCCC1. The molecule has 1 aromatic rings. The summed E-state index contributed by atoms with van der Waals surface area (Å²) in [5.41, 5.74) is 1.15. The Kier molecular flexibility index (Phi) is 4.98. The fourth-order valence-electron chi connectivity index (χ4n) is 2.70. The number of hydrogen-bond donors (Lipinski definition) is 2. The molecule has 4 heteroatoms. The van der Waals surface area contributed by atoms with Gasteiger partial charge in [-0.05, 0) is 24.5 Å². The minimum atomic E-state index is 0.0811. The fraction of sp³-hybridized carbons (Fsp3) is 0.643. The van der Waals surface area contributed by atoms with Crippen molar-refractivity contribution in [1.29, 1.82) is 0 Å². The second-order valence-electron chi connectivity index (χ2n) is 5.29. The lowest BCUT2D eigenvalue weighted by molar-refractivity contribution is 0.0810. The largest absolute Gasteiger partial charge is 0.396 e. The summed E-state index contributed by atoms with van der Waals surface area (Å²) in [5.74, 6) is 0. The molecular formula is C14H21ClN2O. The summed E-state index contributed by atoms with van der Waals surface area (Å²) in [6.07, 6.45) is 9.45. The monoisotopic (exact) mass is 268 g/mol. The molecular weight excluding hydrogens is 248 g/mol. The topological polar surface area (TPSA) is 45.1 Å². The summed E-state index contributed by atoms with van der Waals surface area (Å²) in [6, 6.07) is 1.93. The van der Waals surface area contributed by atoms with Crippen LogP contribution in [-0.4, -0.2) is 23.2 Å². The van der Waals surface area contributed by atoms with Crippen LogP contribution in [0.2, 0.25) is 5.02 Å². The van der Waals surface area contributed by atoms with E-state index in [1.165, 1.54) is 19.3 Å². The summed E-state index contributed by atoms with van der Waals surface area (Å²) in [6.45, 7) is 1.88. The molecule has 1 aliphatic carbocycles. The zero-order chi connectivity index (χ0) is 12.8. The summed E-state index contributed by atoms with van der Waals surface area (Å²) in [5, 5.41) is 13.7. The average molecular weight is 269 g/mol. The first-order valence-corrected chi connectivity index (χ1v) is 7.04. The van der Waals surface area contributed by atoms with Crippen LogP contribution in [0, 0.1) is 5.41 Å². The average Bonchev–Trinajstić information content (AvgIpc) is 2.42. The molecule has 100 valence electrons. The van der Waals surface area contributed by atoms with Crippen LogP contribution in [0.15, 0.2) is 18.5 Å². The minimum Gasteiger partial charge on any atom is -0.396 e. The predicted octanol–water partition coefficient (Wildman–Crippen LogP) is 2.77. The second kappa shape index (κ2) is 6.50. The molecule has 0 saturated heterocycles. The van der Waals surface area contributed by atoms with Gasteiger partial charge in [0, 0.05) is 37.5 Å². The Balaban J connectivity index is 1.85. The highest BCUT2D eigenvalue weighted by Crippen LogP contribution is 2.35. The smallest absolute Gasteiger partial charge is 0.0634 e. The number of halogens is 1. The van der Waals surface area contributed by atoms with Crippen LogP contribution in [0.1, 0.15) is 37.7 Å². The molecule has 0 unspecified atom stereocenters. The molecule has 0 bridgehead atoms.